The van der Waals surface area contributed by atoms with Crippen LogP contribution in [-0.2, 0) is 25.7 Å². The maximum absolute atomic E-state index is 5.40. The van der Waals surface area contributed by atoms with Crippen LogP contribution in [0.25, 0.3) is 23.5 Å². The van der Waals surface area contributed by atoms with Crippen molar-refractivity contribution in [2.45, 2.75) is 107 Å². The zero-order chi connectivity index (χ0) is 31.1. The van der Waals surface area contributed by atoms with E-state index in [0.29, 0.717) is 0 Å². The van der Waals surface area contributed by atoms with E-state index in [2.05, 4.69) is 102 Å². The van der Waals surface area contributed by atoms with Crippen LogP contribution < -0.4 is 0 Å². The topological polar surface area (TPSA) is 56.3 Å². The van der Waals surface area contributed by atoms with Crippen molar-refractivity contribution >= 4 is 23.6 Å². The molecule has 5 heterocycles. The van der Waals surface area contributed by atoms with Gasteiger partial charge in [0.1, 0.15) is 0 Å². The van der Waals surface area contributed by atoms with Crippen LogP contribution in [0.15, 0.2) is 67.9 Å². The molecule has 0 spiro atoms. The number of aromatic amines is 2. The lowest BCUT2D eigenvalue weighted by molar-refractivity contribution is 1.04. The standard InChI is InChI=1S/C40H48N4/c1-9-25-29(13-5)37-23-18-17-19-24(20-23)38-30(14-6)26(10-2)34(42-38)22-36-28(12-4)32(16-8)40(44-36)39-31(15-7)27(11-3)35(43-39)21-33(25)41-37/h17-22,43-44H,9-16H2,1-8H3. The predicted molar refractivity (Wildman–Crippen MR) is 189 cm³/mol. The number of benzene rings is 1. The summed E-state index contributed by atoms with van der Waals surface area (Å²) in [7, 11) is 0. The fourth-order valence-corrected chi connectivity index (χ4v) is 7.92. The van der Waals surface area contributed by atoms with Gasteiger partial charge in [0.2, 0.25) is 0 Å². The average Bonchev–Trinajstić information content (AvgIpc) is 3.79. The van der Waals surface area contributed by atoms with Gasteiger partial charge in [-0.3, -0.25) is 0 Å². The predicted octanol–water partition coefficient (Wildman–Crippen LogP) is 10.5. The van der Waals surface area contributed by atoms with Crippen molar-refractivity contribution in [2.75, 3.05) is 0 Å². The quantitative estimate of drug-likeness (QED) is 0.265. The summed E-state index contributed by atoms with van der Waals surface area (Å²) in [6, 6.07) is 8.96. The van der Waals surface area contributed by atoms with Gasteiger partial charge in [-0.05, 0) is 114 Å². The molecule has 2 aromatic heterocycles. The third kappa shape index (κ3) is 4.65. The molecule has 3 aliphatic rings. The summed E-state index contributed by atoms with van der Waals surface area (Å²) in [5.41, 5.74) is 22.7. The number of rotatable bonds is 8. The largest absolute Gasteiger partial charge is 0.353 e. The van der Waals surface area contributed by atoms with Crippen molar-refractivity contribution in [2.24, 2.45) is 9.98 Å². The highest BCUT2D eigenvalue weighted by molar-refractivity contribution is 6.20. The second-order valence-corrected chi connectivity index (χ2v) is 12.0. The molecule has 228 valence electrons. The van der Waals surface area contributed by atoms with E-state index >= 15 is 0 Å². The molecular weight excluding hydrogens is 536 g/mol. The van der Waals surface area contributed by atoms with Gasteiger partial charge >= 0.3 is 0 Å². The molecule has 3 aromatic rings. The van der Waals surface area contributed by atoms with Crippen LogP contribution >= 0.6 is 0 Å². The third-order valence-corrected chi connectivity index (χ3v) is 9.93. The molecule has 44 heavy (non-hydrogen) atoms. The smallest absolute Gasteiger partial charge is 0.0744 e. The molecule has 0 unspecified atom stereocenters. The fourth-order valence-electron chi connectivity index (χ4n) is 7.92. The minimum absolute atomic E-state index is 0.958. The van der Waals surface area contributed by atoms with Crippen molar-refractivity contribution in [1.82, 2.24) is 9.97 Å². The first-order valence-electron chi connectivity index (χ1n) is 17.1. The average molecular weight is 585 g/mol. The number of nitrogens with zero attached hydrogens (tertiary/aromatic N) is 2. The van der Waals surface area contributed by atoms with Crippen LogP contribution in [0.3, 0.4) is 0 Å². The normalized spacial score (nSPS) is 15.9. The number of hydrogen-bond donors (Lipinski definition) is 2. The SMILES string of the molecule is CCC1=C(CC)C2=NC1=Cc1[nH]c(c(CC)c1CC)-c1[nH]c(c(CC)c1CC)C=C1N=C(C(CC)=C1CC)c1cccc2c1. The molecule has 10 bridgehead atoms. The van der Waals surface area contributed by atoms with Crippen LogP contribution in [0.1, 0.15) is 126 Å². The number of H-pyrrole nitrogens is 2. The molecule has 2 N–H and O–H groups in total. The van der Waals surface area contributed by atoms with E-state index in [9.17, 15) is 0 Å². The molecule has 0 aliphatic carbocycles. The van der Waals surface area contributed by atoms with Crippen LogP contribution in [0, 0.1) is 0 Å². The van der Waals surface area contributed by atoms with Crippen molar-refractivity contribution in [3.8, 4) is 11.4 Å². The molecule has 3 aliphatic heterocycles. The Balaban J connectivity index is 1.75. The summed E-state index contributed by atoms with van der Waals surface area (Å²) in [5, 5.41) is 0. The monoisotopic (exact) mass is 584 g/mol. The Bertz CT molecular complexity index is 1690. The molecule has 4 heteroatoms. The lowest BCUT2D eigenvalue weighted by Crippen LogP contribution is -2.07. The highest BCUT2D eigenvalue weighted by Crippen LogP contribution is 2.40. The first kappa shape index (κ1) is 30.1. The number of aliphatic imine (C=N–C) groups is 2. The van der Waals surface area contributed by atoms with Crippen molar-refractivity contribution in [3.63, 3.8) is 0 Å². The lowest BCUT2D eigenvalue weighted by atomic mass is 9.92. The van der Waals surface area contributed by atoms with Gasteiger partial charge in [-0.1, -0.05) is 73.6 Å². The zero-order valence-electron chi connectivity index (χ0n) is 28.0. The van der Waals surface area contributed by atoms with E-state index in [1.165, 1.54) is 78.4 Å². The molecule has 0 saturated heterocycles. The molecule has 1 aromatic carbocycles. The van der Waals surface area contributed by atoms with E-state index in [0.717, 1.165) is 74.2 Å². The fraction of sp³-hybridized carbons (Fsp3) is 0.400. The van der Waals surface area contributed by atoms with Gasteiger partial charge in [-0.15, -0.1) is 0 Å². The Labute approximate surface area is 263 Å². The number of hydrogen-bond acceptors (Lipinski definition) is 2. The first-order chi connectivity index (χ1) is 21.5. The molecule has 0 saturated carbocycles. The summed E-state index contributed by atoms with van der Waals surface area (Å²) in [5.74, 6) is 0. The van der Waals surface area contributed by atoms with Crippen molar-refractivity contribution in [1.29, 1.82) is 0 Å². The van der Waals surface area contributed by atoms with Gasteiger partial charge in [-0.2, -0.15) is 0 Å². The van der Waals surface area contributed by atoms with Gasteiger partial charge < -0.3 is 9.97 Å². The highest BCUT2D eigenvalue weighted by atomic mass is 14.9. The molecule has 0 radical (unpaired) electrons. The zero-order valence-corrected chi connectivity index (χ0v) is 28.0. The maximum Gasteiger partial charge on any atom is 0.0744 e. The summed E-state index contributed by atoms with van der Waals surface area (Å²) in [6.45, 7) is 18.2. The molecule has 4 nitrogen and oxygen atoms in total. The Kier molecular flexibility index (Phi) is 8.37. The van der Waals surface area contributed by atoms with Crippen LogP contribution in [-0.4, -0.2) is 21.4 Å². The second-order valence-electron chi connectivity index (χ2n) is 12.0. The highest BCUT2D eigenvalue weighted by Gasteiger charge is 2.28. The van der Waals surface area contributed by atoms with Crippen LogP contribution in [0.5, 0.6) is 0 Å². The number of fused-ring (bicyclic) bond motifs is 11. The van der Waals surface area contributed by atoms with Crippen LogP contribution in [0.4, 0.5) is 0 Å². The lowest BCUT2D eigenvalue weighted by Gasteiger charge is -2.11. The van der Waals surface area contributed by atoms with Gasteiger partial charge in [-0.25, -0.2) is 9.98 Å². The van der Waals surface area contributed by atoms with Crippen molar-refractivity contribution in [3.05, 3.63) is 103 Å². The minimum atomic E-state index is 0.958. The molecule has 0 atom stereocenters. The Morgan fingerprint density at radius 1 is 0.477 bits per heavy atom. The summed E-state index contributed by atoms with van der Waals surface area (Å²) in [6.07, 6.45) is 12.4. The number of allylic oxidation sites excluding steroid dienone is 4. The van der Waals surface area contributed by atoms with Gasteiger partial charge in [0, 0.05) is 22.5 Å². The van der Waals surface area contributed by atoms with E-state index in [1.807, 2.05) is 0 Å². The number of nitrogens with one attached hydrogen (secondary N) is 2. The molecule has 0 fully saturated rings. The third-order valence-electron chi connectivity index (χ3n) is 9.93. The molecular formula is C40H48N4. The van der Waals surface area contributed by atoms with Gasteiger partial charge in [0.15, 0.2) is 0 Å². The van der Waals surface area contributed by atoms with E-state index in [1.54, 1.807) is 0 Å². The minimum Gasteiger partial charge on any atom is -0.353 e. The summed E-state index contributed by atoms with van der Waals surface area (Å²) < 4.78 is 0. The Morgan fingerprint density at radius 3 is 1.20 bits per heavy atom. The van der Waals surface area contributed by atoms with E-state index in [4.69, 9.17) is 9.98 Å². The summed E-state index contributed by atoms with van der Waals surface area (Å²) >= 11 is 0. The van der Waals surface area contributed by atoms with Crippen molar-refractivity contribution < 1.29 is 0 Å². The Morgan fingerprint density at radius 2 is 0.864 bits per heavy atom. The second kappa shape index (κ2) is 12.2. The van der Waals surface area contributed by atoms with Crippen LogP contribution in [0.2, 0.25) is 0 Å². The van der Waals surface area contributed by atoms with E-state index < -0.39 is 0 Å². The van der Waals surface area contributed by atoms with Gasteiger partial charge in [0.25, 0.3) is 0 Å². The Hall–Kier alpha value is -3.92. The molecule has 0 amide bonds. The first-order valence-corrected chi connectivity index (χ1v) is 17.1. The maximum atomic E-state index is 5.40. The summed E-state index contributed by atoms with van der Waals surface area (Å²) in [4.78, 5) is 18.7. The number of aromatic nitrogens is 2. The molecule has 6 rings (SSSR count). The van der Waals surface area contributed by atoms with Gasteiger partial charge in [0.05, 0.1) is 34.2 Å². The van der Waals surface area contributed by atoms with E-state index in [-0.39, 0.29) is 0 Å².